The summed E-state index contributed by atoms with van der Waals surface area (Å²) in [6.07, 6.45) is 1.59. The third-order valence-corrected chi connectivity index (χ3v) is 4.32. The molecule has 0 spiro atoms. The van der Waals surface area contributed by atoms with Crippen LogP contribution in [0.3, 0.4) is 0 Å². The van der Waals surface area contributed by atoms with Crippen LogP contribution >= 0.6 is 0 Å². The van der Waals surface area contributed by atoms with Crippen molar-refractivity contribution >= 4 is 23.1 Å². The molecule has 3 rings (SSSR count). The number of rotatable bonds is 6. The first-order chi connectivity index (χ1) is 13.5. The Labute approximate surface area is 164 Å². The standard InChI is InChI=1S/C22H23N3O3/c1-14-5-7-18(15(2)11-14)25-22(26)16-9-10-23-21(12-16)24-19-8-6-17(27-3)13-20(19)28-4/h5-13H,1-4H3,(H,23,24)(H,25,26). The Kier molecular flexibility index (Phi) is 5.79. The Morgan fingerprint density at radius 1 is 0.929 bits per heavy atom. The molecule has 28 heavy (non-hydrogen) atoms. The fourth-order valence-electron chi connectivity index (χ4n) is 2.83. The Morgan fingerprint density at radius 2 is 1.71 bits per heavy atom. The molecule has 0 aliphatic carbocycles. The van der Waals surface area contributed by atoms with Crippen LogP contribution in [0.5, 0.6) is 11.5 Å². The molecule has 0 saturated carbocycles. The minimum absolute atomic E-state index is 0.195. The molecule has 2 aromatic carbocycles. The van der Waals surface area contributed by atoms with Crippen LogP contribution in [0.25, 0.3) is 0 Å². The lowest BCUT2D eigenvalue weighted by Crippen LogP contribution is -2.13. The first-order valence-corrected chi connectivity index (χ1v) is 8.84. The lowest BCUT2D eigenvalue weighted by atomic mass is 10.1. The van der Waals surface area contributed by atoms with E-state index in [1.54, 1.807) is 38.6 Å². The number of nitrogens with one attached hydrogen (secondary N) is 2. The number of benzene rings is 2. The molecule has 0 unspecified atom stereocenters. The number of methoxy groups -OCH3 is 2. The monoisotopic (exact) mass is 377 g/mol. The fourth-order valence-corrected chi connectivity index (χ4v) is 2.83. The van der Waals surface area contributed by atoms with Gasteiger partial charge in [0, 0.05) is 23.5 Å². The van der Waals surface area contributed by atoms with Crippen molar-refractivity contribution in [1.82, 2.24) is 4.98 Å². The summed E-state index contributed by atoms with van der Waals surface area (Å²) in [6, 6.07) is 14.7. The van der Waals surface area contributed by atoms with E-state index in [1.807, 2.05) is 44.2 Å². The summed E-state index contributed by atoms with van der Waals surface area (Å²) in [6.45, 7) is 3.99. The average molecular weight is 377 g/mol. The van der Waals surface area contributed by atoms with Crippen molar-refractivity contribution in [2.45, 2.75) is 13.8 Å². The first-order valence-electron chi connectivity index (χ1n) is 8.84. The maximum absolute atomic E-state index is 12.7. The number of aromatic nitrogens is 1. The van der Waals surface area contributed by atoms with E-state index in [0.29, 0.717) is 22.9 Å². The third kappa shape index (κ3) is 4.40. The van der Waals surface area contributed by atoms with Crippen LogP contribution in [0.15, 0.2) is 54.7 Å². The third-order valence-electron chi connectivity index (χ3n) is 4.32. The Morgan fingerprint density at radius 3 is 2.43 bits per heavy atom. The van der Waals surface area contributed by atoms with Gasteiger partial charge in [-0.3, -0.25) is 4.79 Å². The maximum Gasteiger partial charge on any atom is 0.255 e. The zero-order valence-corrected chi connectivity index (χ0v) is 16.4. The topological polar surface area (TPSA) is 72.5 Å². The molecule has 0 radical (unpaired) electrons. The summed E-state index contributed by atoms with van der Waals surface area (Å²) < 4.78 is 10.6. The highest BCUT2D eigenvalue weighted by molar-refractivity contribution is 6.05. The minimum Gasteiger partial charge on any atom is -0.497 e. The van der Waals surface area contributed by atoms with E-state index in [4.69, 9.17) is 9.47 Å². The number of amides is 1. The number of carbonyl (C=O) groups excluding carboxylic acids is 1. The van der Waals surface area contributed by atoms with Crippen molar-refractivity contribution in [2.75, 3.05) is 24.9 Å². The van der Waals surface area contributed by atoms with E-state index in [2.05, 4.69) is 15.6 Å². The van der Waals surface area contributed by atoms with Gasteiger partial charge >= 0.3 is 0 Å². The Hall–Kier alpha value is -3.54. The first kappa shape index (κ1) is 19.2. The second kappa shape index (κ2) is 8.43. The molecule has 0 aliphatic rings. The van der Waals surface area contributed by atoms with Crippen LogP contribution in [-0.4, -0.2) is 25.1 Å². The number of pyridine rings is 1. The number of hydrogen-bond donors (Lipinski definition) is 2. The van der Waals surface area contributed by atoms with Gasteiger partial charge in [-0.05, 0) is 49.7 Å². The summed E-state index contributed by atoms with van der Waals surface area (Å²) in [5.74, 6) is 1.65. The van der Waals surface area contributed by atoms with Crippen molar-refractivity contribution in [1.29, 1.82) is 0 Å². The van der Waals surface area contributed by atoms with Gasteiger partial charge in [0.15, 0.2) is 0 Å². The van der Waals surface area contributed by atoms with Gasteiger partial charge in [0.2, 0.25) is 0 Å². The van der Waals surface area contributed by atoms with Crippen molar-refractivity contribution in [3.8, 4) is 11.5 Å². The van der Waals surface area contributed by atoms with Gasteiger partial charge in [-0.1, -0.05) is 17.7 Å². The molecule has 0 saturated heterocycles. The Bertz CT molecular complexity index is 1000. The van der Waals surface area contributed by atoms with Gasteiger partial charge in [0.25, 0.3) is 5.91 Å². The summed E-state index contributed by atoms with van der Waals surface area (Å²) in [5, 5.41) is 6.13. The van der Waals surface area contributed by atoms with Gasteiger partial charge in [-0.2, -0.15) is 0 Å². The van der Waals surface area contributed by atoms with Crippen LogP contribution in [0.2, 0.25) is 0 Å². The van der Waals surface area contributed by atoms with Crippen LogP contribution in [0, 0.1) is 13.8 Å². The van der Waals surface area contributed by atoms with E-state index < -0.39 is 0 Å². The summed E-state index contributed by atoms with van der Waals surface area (Å²) >= 11 is 0. The highest BCUT2D eigenvalue weighted by Crippen LogP contribution is 2.31. The van der Waals surface area contributed by atoms with Gasteiger partial charge in [0.05, 0.1) is 19.9 Å². The van der Waals surface area contributed by atoms with E-state index in [9.17, 15) is 4.79 Å². The molecule has 0 atom stereocenters. The molecule has 0 bridgehead atoms. The summed E-state index contributed by atoms with van der Waals surface area (Å²) in [5.41, 5.74) is 4.19. The molecule has 3 aromatic rings. The number of ether oxygens (including phenoxy) is 2. The van der Waals surface area contributed by atoms with Crippen LogP contribution < -0.4 is 20.1 Å². The van der Waals surface area contributed by atoms with Crippen molar-refractivity contribution in [2.24, 2.45) is 0 Å². The molecular formula is C22H23N3O3. The lowest BCUT2D eigenvalue weighted by molar-refractivity contribution is 0.102. The lowest BCUT2D eigenvalue weighted by Gasteiger charge is -2.13. The normalized spacial score (nSPS) is 10.3. The molecule has 0 aliphatic heterocycles. The minimum atomic E-state index is -0.195. The quantitative estimate of drug-likeness (QED) is 0.651. The predicted molar refractivity (Wildman–Crippen MR) is 111 cm³/mol. The summed E-state index contributed by atoms with van der Waals surface area (Å²) in [4.78, 5) is 16.9. The average Bonchev–Trinajstić information content (AvgIpc) is 2.70. The molecule has 144 valence electrons. The molecule has 1 amide bonds. The number of nitrogens with zero attached hydrogens (tertiary/aromatic N) is 1. The van der Waals surface area contributed by atoms with Crippen LogP contribution in [-0.2, 0) is 0 Å². The highest BCUT2D eigenvalue weighted by Gasteiger charge is 2.11. The zero-order chi connectivity index (χ0) is 20.1. The smallest absolute Gasteiger partial charge is 0.255 e. The number of aryl methyl sites for hydroxylation is 2. The SMILES string of the molecule is COc1ccc(Nc2cc(C(=O)Nc3ccc(C)cc3C)ccn2)c(OC)c1. The number of hydrogen-bond acceptors (Lipinski definition) is 5. The van der Waals surface area contributed by atoms with E-state index in [0.717, 1.165) is 22.5 Å². The molecule has 1 aromatic heterocycles. The molecule has 1 heterocycles. The number of carbonyl (C=O) groups is 1. The fraction of sp³-hybridized carbons (Fsp3) is 0.182. The van der Waals surface area contributed by atoms with Gasteiger partial charge < -0.3 is 20.1 Å². The van der Waals surface area contributed by atoms with Crippen LogP contribution in [0.1, 0.15) is 21.5 Å². The van der Waals surface area contributed by atoms with Gasteiger partial charge in [-0.15, -0.1) is 0 Å². The molecule has 6 nitrogen and oxygen atoms in total. The second-order valence-corrected chi connectivity index (χ2v) is 6.39. The molecule has 6 heteroatoms. The predicted octanol–water partition coefficient (Wildman–Crippen LogP) is 4.71. The summed E-state index contributed by atoms with van der Waals surface area (Å²) in [7, 11) is 3.18. The van der Waals surface area contributed by atoms with Crippen molar-refractivity contribution < 1.29 is 14.3 Å². The van der Waals surface area contributed by atoms with E-state index in [-0.39, 0.29) is 5.91 Å². The highest BCUT2D eigenvalue weighted by atomic mass is 16.5. The van der Waals surface area contributed by atoms with Gasteiger partial charge in [-0.25, -0.2) is 4.98 Å². The zero-order valence-electron chi connectivity index (χ0n) is 16.4. The molecule has 2 N–H and O–H groups in total. The largest absolute Gasteiger partial charge is 0.497 e. The van der Waals surface area contributed by atoms with Gasteiger partial charge in [0.1, 0.15) is 17.3 Å². The Balaban J connectivity index is 1.79. The molecule has 0 fully saturated rings. The maximum atomic E-state index is 12.7. The number of anilines is 3. The van der Waals surface area contributed by atoms with E-state index >= 15 is 0 Å². The second-order valence-electron chi connectivity index (χ2n) is 6.39. The van der Waals surface area contributed by atoms with Crippen molar-refractivity contribution in [3.63, 3.8) is 0 Å². The van der Waals surface area contributed by atoms with E-state index in [1.165, 1.54) is 0 Å². The molecular weight excluding hydrogens is 354 g/mol. The van der Waals surface area contributed by atoms with Crippen LogP contribution in [0.4, 0.5) is 17.2 Å². The van der Waals surface area contributed by atoms with Crippen molar-refractivity contribution in [3.05, 3.63) is 71.4 Å².